The zero-order valence-electron chi connectivity index (χ0n) is 12.3. The van der Waals surface area contributed by atoms with Gasteiger partial charge in [0.15, 0.2) is 0 Å². The van der Waals surface area contributed by atoms with E-state index in [-0.39, 0.29) is 11.1 Å². The number of aromatic hydroxyl groups is 1. The van der Waals surface area contributed by atoms with Crippen LogP contribution in [0.2, 0.25) is 0 Å². The Labute approximate surface area is 126 Å². The van der Waals surface area contributed by atoms with Gasteiger partial charge in [0.25, 0.3) is 5.91 Å². The number of carbonyl (C=O) groups is 1. The van der Waals surface area contributed by atoms with Crippen molar-refractivity contribution < 1.29 is 18.7 Å². The Balaban J connectivity index is 2.23. The zero-order chi connectivity index (χ0) is 16.5. The molecule has 0 bridgehead atoms. The molecular formula is C15H15F2N3O2. The number of aromatic nitrogens is 2. The van der Waals surface area contributed by atoms with E-state index >= 15 is 0 Å². The van der Waals surface area contributed by atoms with Crippen molar-refractivity contribution in [2.24, 2.45) is 0 Å². The van der Waals surface area contributed by atoms with Gasteiger partial charge in [-0.2, -0.15) is 0 Å². The number of rotatable bonds is 2. The molecule has 5 nitrogen and oxygen atoms in total. The zero-order valence-corrected chi connectivity index (χ0v) is 12.3. The van der Waals surface area contributed by atoms with Crippen molar-refractivity contribution in [3.63, 3.8) is 0 Å². The van der Waals surface area contributed by atoms with Crippen molar-refractivity contribution in [1.82, 2.24) is 9.97 Å². The fourth-order valence-corrected chi connectivity index (χ4v) is 1.76. The molecule has 0 unspecified atom stereocenters. The topological polar surface area (TPSA) is 75.1 Å². The number of hydrogen-bond acceptors (Lipinski definition) is 4. The minimum atomic E-state index is -1.15. The van der Waals surface area contributed by atoms with E-state index in [1.165, 1.54) is 12.4 Å². The molecule has 1 aromatic carbocycles. The van der Waals surface area contributed by atoms with Gasteiger partial charge in [-0.25, -0.2) is 18.7 Å². The highest BCUT2D eigenvalue weighted by Gasteiger charge is 2.20. The van der Waals surface area contributed by atoms with Crippen molar-refractivity contribution in [1.29, 1.82) is 0 Å². The van der Waals surface area contributed by atoms with Crippen LogP contribution in [0.25, 0.3) is 0 Å². The standard InChI is InChI=1S/C15H15F2N3O2/c1-15(2,3)14-18-6-9(7-19-14)20-13(22)12-10(17)4-8(16)5-11(12)21/h4-7,21H,1-3H3,(H,20,22). The first kappa shape index (κ1) is 15.8. The maximum atomic E-state index is 13.6. The molecule has 0 fully saturated rings. The van der Waals surface area contributed by atoms with Crippen LogP contribution >= 0.6 is 0 Å². The first-order chi connectivity index (χ1) is 10.2. The average Bonchev–Trinajstić information content (AvgIpc) is 2.36. The number of carbonyl (C=O) groups excluding carboxylic acids is 1. The summed E-state index contributed by atoms with van der Waals surface area (Å²) in [6.07, 6.45) is 2.76. The molecule has 2 aromatic rings. The lowest BCUT2D eigenvalue weighted by atomic mass is 9.96. The van der Waals surface area contributed by atoms with Gasteiger partial charge in [-0.3, -0.25) is 4.79 Å². The van der Waals surface area contributed by atoms with Gasteiger partial charge in [0.1, 0.15) is 28.8 Å². The SMILES string of the molecule is CC(C)(C)c1ncc(NC(=O)c2c(O)cc(F)cc2F)cn1. The second-order valence-electron chi connectivity index (χ2n) is 5.78. The molecule has 0 spiro atoms. The van der Waals surface area contributed by atoms with E-state index in [9.17, 15) is 18.7 Å². The molecule has 0 saturated heterocycles. The number of halogens is 2. The lowest BCUT2D eigenvalue weighted by Crippen LogP contribution is -2.18. The van der Waals surface area contributed by atoms with E-state index < -0.39 is 28.9 Å². The minimum Gasteiger partial charge on any atom is -0.507 e. The Morgan fingerprint density at radius 2 is 1.77 bits per heavy atom. The molecule has 0 atom stereocenters. The van der Waals surface area contributed by atoms with Gasteiger partial charge >= 0.3 is 0 Å². The maximum Gasteiger partial charge on any atom is 0.262 e. The third-order valence-corrected chi connectivity index (χ3v) is 2.84. The number of anilines is 1. The molecular weight excluding hydrogens is 292 g/mol. The number of nitrogens with zero attached hydrogens (tertiary/aromatic N) is 2. The predicted molar refractivity (Wildman–Crippen MR) is 76.7 cm³/mol. The van der Waals surface area contributed by atoms with Crippen molar-refractivity contribution in [3.05, 3.63) is 47.5 Å². The third-order valence-electron chi connectivity index (χ3n) is 2.84. The van der Waals surface area contributed by atoms with Crippen molar-refractivity contribution in [2.75, 3.05) is 5.32 Å². The second kappa shape index (κ2) is 5.67. The molecule has 0 aliphatic carbocycles. The highest BCUT2D eigenvalue weighted by Crippen LogP contribution is 2.23. The molecule has 0 saturated carbocycles. The highest BCUT2D eigenvalue weighted by atomic mass is 19.1. The summed E-state index contributed by atoms with van der Waals surface area (Å²) < 4.78 is 26.5. The normalized spacial score (nSPS) is 11.3. The van der Waals surface area contributed by atoms with E-state index in [1.54, 1.807) is 0 Å². The Bertz CT molecular complexity index is 687. The van der Waals surface area contributed by atoms with E-state index in [1.807, 2.05) is 20.8 Å². The summed E-state index contributed by atoms with van der Waals surface area (Å²) in [6.45, 7) is 5.81. The molecule has 22 heavy (non-hydrogen) atoms. The molecule has 0 radical (unpaired) electrons. The van der Waals surface area contributed by atoms with Gasteiger partial charge in [0, 0.05) is 17.5 Å². The summed E-state index contributed by atoms with van der Waals surface area (Å²) in [4.78, 5) is 20.2. The fourth-order valence-electron chi connectivity index (χ4n) is 1.76. The van der Waals surface area contributed by atoms with Gasteiger partial charge in [-0.05, 0) is 0 Å². The number of phenolic OH excluding ortho intramolecular Hbond substituents is 1. The number of hydrogen-bond donors (Lipinski definition) is 2. The van der Waals surface area contributed by atoms with Gasteiger partial charge in [-0.15, -0.1) is 0 Å². The molecule has 0 aliphatic heterocycles. The molecule has 1 aromatic heterocycles. The van der Waals surface area contributed by atoms with Crippen LogP contribution in [-0.2, 0) is 5.41 Å². The van der Waals surface area contributed by atoms with Crippen LogP contribution in [0, 0.1) is 11.6 Å². The van der Waals surface area contributed by atoms with Crippen LogP contribution < -0.4 is 5.32 Å². The number of phenols is 1. The molecule has 1 heterocycles. The Kier molecular flexibility index (Phi) is 4.07. The molecule has 1 amide bonds. The van der Waals surface area contributed by atoms with Gasteiger partial charge in [0.05, 0.1) is 18.1 Å². The molecule has 116 valence electrons. The molecule has 2 rings (SSSR count). The summed E-state index contributed by atoms with van der Waals surface area (Å²) in [7, 11) is 0. The largest absolute Gasteiger partial charge is 0.507 e. The van der Waals surface area contributed by atoms with E-state index in [0.29, 0.717) is 18.0 Å². The maximum absolute atomic E-state index is 13.6. The average molecular weight is 307 g/mol. The smallest absolute Gasteiger partial charge is 0.262 e. The molecule has 7 heteroatoms. The third kappa shape index (κ3) is 3.36. The van der Waals surface area contributed by atoms with Crippen LogP contribution in [0.1, 0.15) is 37.0 Å². The summed E-state index contributed by atoms with van der Waals surface area (Å²) in [5.74, 6) is -3.22. The lowest BCUT2D eigenvalue weighted by Gasteiger charge is -2.16. The minimum absolute atomic E-state index is 0.237. The van der Waals surface area contributed by atoms with Crippen molar-refractivity contribution in [3.8, 4) is 5.75 Å². The van der Waals surface area contributed by atoms with Crippen molar-refractivity contribution >= 4 is 11.6 Å². The van der Waals surface area contributed by atoms with Gasteiger partial charge in [-0.1, -0.05) is 20.8 Å². The highest BCUT2D eigenvalue weighted by molar-refractivity contribution is 6.06. The summed E-state index contributed by atoms with van der Waals surface area (Å²) in [6, 6.07) is 1.19. The van der Waals surface area contributed by atoms with E-state index in [4.69, 9.17) is 0 Å². The van der Waals surface area contributed by atoms with Gasteiger partial charge in [0.2, 0.25) is 0 Å². The Morgan fingerprint density at radius 1 is 1.18 bits per heavy atom. The first-order valence-corrected chi connectivity index (χ1v) is 6.50. The van der Waals surface area contributed by atoms with Crippen LogP contribution in [0.3, 0.4) is 0 Å². The number of nitrogens with one attached hydrogen (secondary N) is 1. The number of benzene rings is 1. The van der Waals surface area contributed by atoms with E-state index in [0.717, 1.165) is 0 Å². The van der Waals surface area contributed by atoms with Crippen LogP contribution in [-0.4, -0.2) is 21.0 Å². The lowest BCUT2D eigenvalue weighted by molar-refractivity contribution is 0.102. The van der Waals surface area contributed by atoms with Crippen LogP contribution in [0.5, 0.6) is 5.75 Å². The predicted octanol–water partition coefficient (Wildman–Crippen LogP) is 3.01. The summed E-state index contributed by atoms with van der Waals surface area (Å²) in [5.41, 5.74) is -0.647. The Hall–Kier alpha value is -2.57. The first-order valence-electron chi connectivity index (χ1n) is 6.50. The summed E-state index contributed by atoms with van der Waals surface area (Å²) in [5, 5.41) is 11.9. The fraction of sp³-hybridized carbons (Fsp3) is 0.267. The van der Waals surface area contributed by atoms with Crippen LogP contribution in [0.4, 0.5) is 14.5 Å². The molecule has 2 N–H and O–H groups in total. The van der Waals surface area contributed by atoms with E-state index in [2.05, 4.69) is 15.3 Å². The second-order valence-corrected chi connectivity index (χ2v) is 5.78. The van der Waals surface area contributed by atoms with Crippen LogP contribution in [0.15, 0.2) is 24.5 Å². The summed E-state index contributed by atoms with van der Waals surface area (Å²) >= 11 is 0. The quantitative estimate of drug-likeness (QED) is 0.894. The Morgan fingerprint density at radius 3 is 2.27 bits per heavy atom. The van der Waals surface area contributed by atoms with Gasteiger partial charge < -0.3 is 10.4 Å². The monoisotopic (exact) mass is 307 g/mol. The van der Waals surface area contributed by atoms with Crippen molar-refractivity contribution in [2.45, 2.75) is 26.2 Å². The number of amides is 1. The molecule has 0 aliphatic rings.